The lowest BCUT2D eigenvalue weighted by atomic mass is 9.78. The van der Waals surface area contributed by atoms with Crippen molar-refractivity contribution < 1.29 is 4.39 Å². The Morgan fingerprint density at radius 3 is 2.45 bits per heavy atom. The standard InChI is InChI=1S/C18H22FN/c19-13-3-1-2-4-15-5-9-17(10-6-15)18-11-7-16(14-20)8-12-18/h2,4,7-8,11-12,15,17H,1,3,5-6,9-10,13H2/b4-2+. The van der Waals surface area contributed by atoms with E-state index in [0.717, 1.165) is 12.0 Å². The molecule has 1 aliphatic carbocycles. The van der Waals surface area contributed by atoms with Crippen molar-refractivity contribution in [3.63, 3.8) is 0 Å². The number of rotatable bonds is 5. The average molecular weight is 271 g/mol. The molecule has 0 amide bonds. The molecule has 0 heterocycles. The summed E-state index contributed by atoms with van der Waals surface area (Å²) >= 11 is 0. The molecule has 1 nitrogen and oxygen atoms in total. The fraction of sp³-hybridized carbons (Fsp3) is 0.500. The minimum atomic E-state index is -0.213. The van der Waals surface area contributed by atoms with E-state index < -0.39 is 0 Å². The van der Waals surface area contributed by atoms with E-state index in [2.05, 4.69) is 30.4 Å². The van der Waals surface area contributed by atoms with E-state index in [1.54, 1.807) is 0 Å². The summed E-state index contributed by atoms with van der Waals surface area (Å²) in [5, 5.41) is 8.81. The first-order chi connectivity index (χ1) is 9.83. The average Bonchev–Trinajstić information content (AvgIpc) is 2.52. The monoisotopic (exact) mass is 271 g/mol. The van der Waals surface area contributed by atoms with Crippen LogP contribution in [0.4, 0.5) is 4.39 Å². The number of alkyl halides is 1. The van der Waals surface area contributed by atoms with Crippen molar-refractivity contribution in [2.45, 2.75) is 44.4 Å². The highest BCUT2D eigenvalue weighted by molar-refractivity contribution is 5.33. The fourth-order valence-corrected chi connectivity index (χ4v) is 2.96. The molecule has 1 saturated carbocycles. The summed E-state index contributed by atoms with van der Waals surface area (Å²) in [6.07, 6.45) is 10.8. The van der Waals surface area contributed by atoms with Gasteiger partial charge in [0, 0.05) is 0 Å². The molecule has 0 unspecified atom stereocenters. The van der Waals surface area contributed by atoms with Crippen molar-refractivity contribution in [1.82, 2.24) is 0 Å². The predicted octanol–water partition coefficient (Wildman–Crippen LogP) is 5.14. The highest BCUT2D eigenvalue weighted by Gasteiger charge is 2.20. The van der Waals surface area contributed by atoms with Crippen LogP contribution in [0.1, 0.15) is 55.6 Å². The van der Waals surface area contributed by atoms with Gasteiger partial charge in [-0.2, -0.15) is 5.26 Å². The van der Waals surface area contributed by atoms with Crippen molar-refractivity contribution in [2.24, 2.45) is 5.92 Å². The maximum Gasteiger partial charge on any atom is 0.0991 e. The second kappa shape index (κ2) is 7.85. The summed E-state index contributed by atoms with van der Waals surface area (Å²) in [5.74, 6) is 1.31. The van der Waals surface area contributed by atoms with Crippen LogP contribution in [0.5, 0.6) is 0 Å². The lowest BCUT2D eigenvalue weighted by molar-refractivity contribution is 0.375. The molecule has 1 aromatic rings. The van der Waals surface area contributed by atoms with Gasteiger partial charge >= 0.3 is 0 Å². The zero-order valence-electron chi connectivity index (χ0n) is 11.9. The lowest BCUT2D eigenvalue weighted by Crippen LogP contribution is -2.11. The van der Waals surface area contributed by atoms with E-state index in [4.69, 9.17) is 5.26 Å². The van der Waals surface area contributed by atoms with Gasteiger partial charge in [-0.15, -0.1) is 0 Å². The Morgan fingerprint density at radius 1 is 1.15 bits per heavy atom. The van der Waals surface area contributed by atoms with Crippen LogP contribution in [-0.4, -0.2) is 6.67 Å². The molecule has 0 aliphatic heterocycles. The van der Waals surface area contributed by atoms with E-state index in [1.165, 1.54) is 31.2 Å². The third-order valence-electron chi connectivity index (χ3n) is 4.20. The number of hydrogen-bond acceptors (Lipinski definition) is 1. The van der Waals surface area contributed by atoms with Crippen molar-refractivity contribution in [3.8, 4) is 6.07 Å². The van der Waals surface area contributed by atoms with Gasteiger partial charge in [-0.3, -0.25) is 4.39 Å². The van der Waals surface area contributed by atoms with Crippen LogP contribution in [0.3, 0.4) is 0 Å². The van der Waals surface area contributed by atoms with Crippen molar-refractivity contribution in [1.29, 1.82) is 5.26 Å². The first-order valence-electron chi connectivity index (χ1n) is 7.56. The summed E-state index contributed by atoms with van der Waals surface area (Å²) < 4.78 is 12.0. The Bertz CT molecular complexity index is 461. The largest absolute Gasteiger partial charge is 0.251 e. The SMILES string of the molecule is N#Cc1ccc(C2CCC(/C=C/CCCF)CC2)cc1. The van der Waals surface area contributed by atoms with Gasteiger partial charge in [0.05, 0.1) is 18.3 Å². The van der Waals surface area contributed by atoms with Crippen LogP contribution in [0.2, 0.25) is 0 Å². The van der Waals surface area contributed by atoms with Gasteiger partial charge in [-0.1, -0.05) is 24.3 Å². The molecule has 0 aromatic heterocycles. The number of nitrogens with zero attached hydrogens (tertiary/aromatic N) is 1. The third-order valence-corrected chi connectivity index (χ3v) is 4.20. The van der Waals surface area contributed by atoms with Crippen molar-refractivity contribution in [2.75, 3.05) is 6.67 Å². The van der Waals surface area contributed by atoms with Crippen LogP contribution < -0.4 is 0 Å². The number of halogens is 1. The molecule has 0 bridgehead atoms. The van der Waals surface area contributed by atoms with Gasteiger partial charge in [0.25, 0.3) is 0 Å². The molecule has 0 N–H and O–H groups in total. The molecule has 1 aromatic carbocycles. The Balaban J connectivity index is 1.81. The van der Waals surface area contributed by atoms with Gasteiger partial charge in [0.15, 0.2) is 0 Å². The molecule has 0 saturated heterocycles. The van der Waals surface area contributed by atoms with E-state index in [1.807, 2.05) is 12.1 Å². The lowest BCUT2D eigenvalue weighted by Gasteiger charge is -2.27. The summed E-state index contributed by atoms with van der Waals surface area (Å²) in [4.78, 5) is 0. The number of benzene rings is 1. The van der Waals surface area contributed by atoms with Gasteiger partial charge in [0.2, 0.25) is 0 Å². The quantitative estimate of drug-likeness (QED) is 0.537. The maximum absolute atomic E-state index is 12.0. The number of unbranched alkanes of at least 4 members (excludes halogenated alkanes) is 1. The predicted molar refractivity (Wildman–Crippen MR) is 80.2 cm³/mol. The first-order valence-corrected chi connectivity index (χ1v) is 7.56. The Morgan fingerprint density at radius 2 is 1.85 bits per heavy atom. The highest BCUT2D eigenvalue weighted by Crippen LogP contribution is 2.36. The summed E-state index contributed by atoms with van der Waals surface area (Å²) in [6.45, 7) is -0.213. The molecule has 1 fully saturated rings. The van der Waals surface area contributed by atoms with Crippen LogP contribution in [0, 0.1) is 17.2 Å². The first kappa shape index (κ1) is 14.8. The molecular weight excluding hydrogens is 249 g/mol. The molecule has 0 radical (unpaired) electrons. The smallest absolute Gasteiger partial charge is 0.0991 e. The number of hydrogen-bond donors (Lipinski definition) is 0. The third kappa shape index (κ3) is 4.20. The summed E-state index contributed by atoms with van der Waals surface area (Å²) in [5.41, 5.74) is 2.10. The van der Waals surface area contributed by atoms with Crippen molar-refractivity contribution >= 4 is 0 Å². The van der Waals surface area contributed by atoms with Gasteiger partial charge < -0.3 is 0 Å². The molecule has 0 spiro atoms. The Kier molecular flexibility index (Phi) is 5.80. The van der Waals surface area contributed by atoms with Gasteiger partial charge in [-0.25, -0.2) is 0 Å². The van der Waals surface area contributed by atoms with Crippen LogP contribution >= 0.6 is 0 Å². The van der Waals surface area contributed by atoms with E-state index >= 15 is 0 Å². The van der Waals surface area contributed by atoms with Crippen molar-refractivity contribution in [3.05, 3.63) is 47.5 Å². The number of nitriles is 1. The number of allylic oxidation sites excluding steroid dienone is 2. The molecule has 0 atom stereocenters. The summed E-state index contributed by atoms with van der Waals surface area (Å²) in [7, 11) is 0. The van der Waals surface area contributed by atoms with Gasteiger partial charge in [-0.05, 0) is 68.1 Å². The second-order valence-electron chi connectivity index (χ2n) is 5.60. The topological polar surface area (TPSA) is 23.8 Å². The van der Waals surface area contributed by atoms with Crippen LogP contribution in [0.15, 0.2) is 36.4 Å². The molecule has 20 heavy (non-hydrogen) atoms. The normalized spacial score (nSPS) is 22.8. The molecule has 2 heteroatoms. The highest BCUT2D eigenvalue weighted by atomic mass is 19.1. The zero-order chi connectivity index (χ0) is 14.2. The van der Waals surface area contributed by atoms with E-state index in [0.29, 0.717) is 18.3 Å². The Labute approximate surface area is 121 Å². The molecule has 1 aliphatic rings. The molecular formula is C18H22FN. The maximum atomic E-state index is 12.0. The van der Waals surface area contributed by atoms with E-state index in [-0.39, 0.29) is 6.67 Å². The minimum Gasteiger partial charge on any atom is -0.251 e. The van der Waals surface area contributed by atoms with E-state index in [9.17, 15) is 4.39 Å². The molecule has 2 rings (SSSR count). The second-order valence-corrected chi connectivity index (χ2v) is 5.60. The van der Waals surface area contributed by atoms with Crippen LogP contribution in [-0.2, 0) is 0 Å². The summed E-state index contributed by atoms with van der Waals surface area (Å²) in [6, 6.07) is 10.2. The molecule has 106 valence electrons. The van der Waals surface area contributed by atoms with Crippen LogP contribution in [0.25, 0.3) is 0 Å². The minimum absolute atomic E-state index is 0.213. The van der Waals surface area contributed by atoms with Gasteiger partial charge in [0.1, 0.15) is 0 Å². The Hall–Kier alpha value is -1.62. The zero-order valence-corrected chi connectivity index (χ0v) is 11.9. The fourth-order valence-electron chi connectivity index (χ4n) is 2.96.